The largest absolute Gasteiger partial charge is 0.494 e. The summed E-state index contributed by atoms with van der Waals surface area (Å²) in [5.41, 5.74) is 2.10. The fraction of sp³-hybridized carbons (Fsp3) is 0.333. The van der Waals surface area contributed by atoms with Crippen LogP contribution >= 0.6 is 0 Å². The molecule has 0 unspecified atom stereocenters. The van der Waals surface area contributed by atoms with Crippen LogP contribution in [0, 0.1) is 0 Å². The van der Waals surface area contributed by atoms with Gasteiger partial charge in [0.2, 0.25) is 0 Å². The zero-order valence-corrected chi connectivity index (χ0v) is 17.6. The lowest BCUT2D eigenvalue weighted by Crippen LogP contribution is -2.16. The van der Waals surface area contributed by atoms with Gasteiger partial charge in [-0.1, -0.05) is 0 Å². The summed E-state index contributed by atoms with van der Waals surface area (Å²) in [6.45, 7) is 1.30. The molecule has 10 nitrogen and oxygen atoms in total. The first-order valence-electron chi connectivity index (χ1n) is 10.00. The molecule has 0 bridgehead atoms. The Bertz CT molecular complexity index is 1230. The molecule has 0 aliphatic carbocycles. The quantitative estimate of drug-likeness (QED) is 0.507. The van der Waals surface area contributed by atoms with E-state index in [0.717, 1.165) is 29.0 Å². The normalized spacial score (nSPS) is 16.0. The Morgan fingerprint density at radius 1 is 1.19 bits per heavy atom. The summed E-state index contributed by atoms with van der Waals surface area (Å²) in [6, 6.07) is 7.48. The lowest BCUT2D eigenvalue weighted by atomic mass is 10.2. The molecule has 1 aliphatic rings. The molecule has 10 heteroatoms. The number of rotatable bonds is 6. The van der Waals surface area contributed by atoms with E-state index in [1.807, 2.05) is 38.4 Å². The van der Waals surface area contributed by atoms with E-state index >= 15 is 0 Å². The molecule has 0 radical (unpaired) electrons. The Balaban J connectivity index is 1.49. The fourth-order valence-electron chi connectivity index (χ4n) is 3.61. The van der Waals surface area contributed by atoms with Crippen LogP contribution in [0.5, 0.6) is 11.5 Å². The standard InChI is InChI=1S/C21H23N7O3/c1-27-19(9-15(26-27)20-16(29-3)5-4-7-22-20)24-18-10-17(31-13-6-8-30-12-13)14-11-23-28(2)21(14)25-18/h4-5,7,9-11,13H,6,8,12H2,1-3H3,(H,24,25)/t13-/m1/s1. The summed E-state index contributed by atoms with van der Waals surface area (Å²) < 4.78 is 20.5. The maximum absolute atomic E-state index is 6.21. The first-order chi connectivity index (χ1) is 15.1. The van der Waals surface area contributed by atoms with Crippen molar-refractivity contribution >= 4 is 22.7 Å². The number of nitrogens with one attached hydrogen (secondary N) is 1. The highest BCUT2D eigenvalue weighted by molar-refractivity contribution is 5.84. The second-order valence-corrected chi connectivity index (χ2v) is 7.33. The van der Waals surface area contributed by atoms with Gasteiger partial charge in [0.05, 0.1) is 31.9 Å². The van der Waals surface area contributed by atoms with Crippen LogP contribution in [-0.4, -0.2) is 56.0 Å². The summed E-state index contributed by atoms with van der Waals surface area (Å²) in [4.78, 5) is 9.13. The van der Waals surface area contributed by atoms with Crippen LogP contribution in [0.25, 0.3) is 22.4 Å². The molecule has 1 saturated heterocycles. The highest BCUT2D eigenvalue weighted by Gasteiger charge is 2.21. The topological polar surface area (TPSA) is 101 Å². The Hall–Kier alpha value is -3.66. The number of ether oxygens (including phenoxy) is 3. The van der Waals surface area contributed by atoms with Gasteiger partial charge in [0.25, 0.3) is 0 Å². The molecule has 0 spiro atoms. The van der Waals surface area contributed by atoms with E-state index in [9.17, 15) is 0 Å². The van der Waals surface area contributed by atoms with E-state index in [1.165, 1.54) is 0 Å². The third-order valence-electron chi connectivity index (χ3n) is 5.22. The predicted molar refractivity (Wildman–Crippen MR) is 115 cm³/mol. The maximum Gasteiger partial charge on any atom is 0.163 e. The van der Waals surface area contributed by atoms with Crippen LogP contribution in [0.2, 0.25) is 0 Å². The minimum Gasteiger partial charge on any atom is -0.494 e. The van der Waals surface area contributed by atoms with Crippen molar-refractivity contribution in [1.29, 1.82) is 0 Å². The molecule has 0 aromatic carbocycles. The Morgan fingerprint density at radius 3 is 2.90 bits per heavy atom. The van der Waals surface area contributed by atoms with Gasteiger partial charge in [-0.3, -0.25) is 14.3 Å². The summed E-state index contributed by atoms with van der Waals surface area (Å²) in [6.07, 6.45) is 4.38. The van der Waals surface area contributed by atoms with Gasteiger partial charge in [0.1, 0.15) is 40.6 Å². The molecule has 31 heavy (non-hydrogen) atoms. The molecule has 5 rings (SSSR count). The summed E-state index contributed by atoms with van der Waals surface area (Å²) in [5, 5.41) is 13.1. The van der Waals surface area contributed by atoms with Gasteiger partial charge in [0, 0.05) is 38.8 Å². The first-order valence-corrected chi connectivity index (χ1v) is 10.00. The molecule has 1 N–H and O–H groups in total. The minimum absolute atomic E-state index is 0.0265. The number of aromatic nitrogens is 6. The van der Waals surface area contributed by atoms with Crippen molar-refractivity contribution in [2.45, 2.75) is 12.5 Å². The molecule has 1 atom stereocenters. The third kappa shape index (κ3) is 3.66. The van der Waals surface area contributed by atoms with Crippen LogP contribution in [0.1, 0.15) is 6.42 Å². The van der Waals surface area contributed by atoms with Gasteiger partial charge in [-0.25, -0.2) is 4.98 Å². The SMILES string of the molecule is COc1cccnc1-c1cc(Nc2cc(O[C@@H]3CCOC3)c3cnn(C)c3n2)n(C)n1. The molecule has 4 aromatic heterocycles. The lowest BCUT2D eigenvalue weighted by molar-refractivity contribution is 0.142. The van der Waals surface area contributed by atoms with Gasteiger partial charge < -0.3 is 19.5 Å². The zero-order valence-electron chi connectivity index (χ0n) is 17.6. The molecule has 0 saturated carbocycles. The van der Waals surface area contributed by atoms with Crippen molar-refractivity contribution in [2.75, 3.05) is 25.6 Å². The lowest BCUT2D eigenvalue weighted by Gasteiger charge is -2.14. The number of fused-ring (bicyclic) bond motifs is 1. The Kier molecular flexibility index (Phi) is 4.91. The Morgan fingerprint density at radius 2 is 2.10 bits per heavy atom. The van der Waals surface area contributed by atoms with Gasteiger partial charge in [-0.15, -0.1) is 0 Å². The maximum atomic E-state index is 6.21. The number of aryl methyl sites for hydroxylation is 2. The average molecular weight is 421 g/mol. The van der Waals surface area contributed by atoms with Crippen LogP contribution in [0.3, 0.4) is 0 Å². The van der Waals surface area contributed by atoms with Crippen LogP contribution in [0.15, 0.2) is 36.7 Å². The van der Waals surface area contributed by atoms with Crippen LogP contribution in [0.4, 0.5) is 11.6 Å². The van der Waals surface area contributed by atoms with Crippen molar-refractivity contribution in [3.63, 3.8) is 0 Å². The number of pyridine rings is 2. The van der Waals surface area contributed by atoms with Gasteiger partial charge in [-0.05, 0) is 12.1 Å². The van der Waals surface area contributed by atoms with E-state index in [0.29, 0.717) is 36.2 Å². The van der Waals surface area contributed by atoms with Crippen LogP contribution < -0.4 is 14.8 Å². The minimum atomic E-state index is 0.0265. The molecular weight excluding hydrogens is 398 g/mol. The van der Waals surface area contributed by atoms with E-state index in [-0.39, 0.29) is 6.10 Å². The van der Waals surface area contributed by atoms with Crippen molar-refractivity contribution in [3.05, 3.63) is 36.7 Å². The molecular formula is C21H23N7O3. The van der Waals surface area contributed by atoms with E-state index in [1.54, 1.807) is 28.9 Å². The second-order valence-electron chi connectivity index (χ2n) is 7.33. The zero-order chi connectivity index (χ0) is 21.4. The molecule has 0 amide bonds. The van der Waals surface area contributed by atoms with Crippen molar-refractivity contribution in [1.82, 2.24) is 29.5 Å². The smallest absolute Gasteiger partial charge is 0.163 e. The number of anilines is 2. The summed E-state index contributed by atoms with van der Waals surface area (Å²) in [5.74, 6) is 2.78. The number of methoxy groups -OCH3 is 1. The van der Waals surface area contributed by atoms with E-state index in [2.05, 4.69) is 20.5 Å². The second kappa shape index (κ2) is 7.88. The van der Waals surface area contributed by atoms with Crippen molar-refractivity contribution < 1.29 is 14.2 Å². The van der Waals surface area contributed by atoms with E-state index in [4.69, 9.17) is 19.2 Å². The van der Waals surface area contributed by atoms with Gasteiger partial charge in [-0.2, -0.15) is 10.2 Å². The van der Waals surface area contributed by atoms with Crippen molar-refractivity contribution in [2.24, 2.45) is 14.1 Å². The van der Waals surface area contributed by atoms with Gasteiger partial charge >= 0.3 is 0 Å². The third-order valence-corrected chi connectivity index (χ3v) is 5.22. The summed E-state index contributed by atoms with van der Waals surface area (Å²) >= 11 is 0. The highest BCUT2D eigenvalue weighted by Crippen LogP contribution is 2.32. The fourth-order valence-corrected chi connectivity index (χ4v) is 3.61. The average Bonchev–Trinajstić information content (AvgIpc) is 3.50. The predicted octanol–water partition coefficient (Wildman–Crippen LogP) is 2.68. The first kappa shape index (κ1) is 19.3. The number of hydrogen-bond donors (Lipinski definition) is 1. The highest BCUT2D eigenvalue weighted by atomic mass is 16.5. The molecule has 4 aromatic rings. The Labute approximate surface area is 178 Å². The number of nitrogens with zero attached hydrogens (tertiary/aromatic N) is 6. The monoisotopic (exact) mass is 421 g/mol. The van der Waals surface area contributed by atoms with Gasteiger partial charge in [0.15, 0.2) is 5.65 Å². The molecule has 160 valence electrons. The summed E-state index contributed by atoms with van der Waals surface area (Å²) in [7, 11) is 5.33. The molecule has 1 fully saturated rings. The van der Waals surface area contributed by atoms with Crippen LogP contribution in [-0.2, 0) is 18.8 Å². The van der Waals surface area contributed by atoms with Crippen molar-refractivity contribution in [3.8, 4) is 22.9 Å². The molecule has 1 aliphatic heterocycles. The van der Waals surface area contributed by atoms with E-state index < -0.39 is 0 Å². The molecule has 5 heterocycles. The number of hydrogen-bond acceptors (Lipinski definition) is 8.